The average molecular weight is 480 g/mol. The molecular formula is C23H22ClN7OS. The van der Waals surface area contributed by atoms with E-state index in [9.17, 15) is 4.79 Å². The van der Waals surface area contributed by atoms with E-state index in [-0.39, 0.29) is 11.6 Å². The molecule has 0 unspecified atom stereocenters. The van der Waals surface area contributed by atoms with Gasteiger partial charge in [0, 0.05) is 41.1 Å². The topological polar surface area (TPSA) is 98.5 Å². The Kier molecular flexibility index (Phi) is 7.00. The Bertz CT molecular complexity index is 1270. The first kappa shape index (κ1) is 22.9. The molecule has 8 nitrogen and oxygen atoms in total. The number of hydrogen-bond acceptors (Lipinski definition) is 7. The molecule has 0 aliphatic heterocycles. The van der Waals surface area contributed by atoms with Crippen LogP contribution in [-0.2, 0) is 12.3 Å². The molecule has 1 amide bonds. The minimum Gasteiger partial charge on any atom is -0.346 e. The Labute approximate surface area is 200 Å². The molecule has 33 heavy (non-hydrogen) atoms. The van der Waals surface area contributed by atoms with Crippen molar-refractivity contribution < 1.29 is 4.79 Å². The highest BCUT2D eigenvalue weighted by molar-refractivity contribution is 7.98. The Morgan fingerprint density at radius 1 is 1.12 bits per heavy atom. The first-order valence-corrected chi connectivity index (χ1v) is 11.6. The monoisotopic (exact) mass is 479 g/mol. The number of aryl methyl sites for hydroxylation is 3. The van der Waals surface area contributed by atoms with Crippen molar-refractivity contribution in [3.8, 4) is 5.69 Å². The lowest BCUT2D eigenvalue weighted by Gasteiger charge is -2.10. The van der Waals surface area contributed by atoms with Crippen LogP contribution in [0.15, 0.2) is 53.9 Å². The summed E-state index contributed by atoms with van der Waals surface area (Å²) in [6.45, 7) is 6.12. The number of amides is 1. The number of thioether (sulfide) groups is 1. The third-order valence-corrected chi connectivity index (χ3v) is 6.12. The molecule has 0 radical (unpaired) electrons. The number of carbonyl (C=O) groups excluding carboxylic acids is 1. The molecule has 4 rings (SSSR count). The summed E-state index contributed by atoms with van der Waals surface area (Å²) in [5.41, 5.74) is 5.21. The maximum absolute atomic E-state index is 13.0. The second-order valence-electron chi connectivity index (χ2n) is 7.50. The van der Waals surface area contributed by atoms with E-state index in [0.717, 1.165) is 28.2 Å². The predicted octanol–water partition coefficient (Wildman–Crippen LogP) is 4.25. The van der Waals surface area contributed by atoms with Gasteiger partial charge in [-0.2, -0.15) is 0 Å². The summed E-state index contributed by atoms with van der Waals surface area (Å²) < 4.78 is 1.64. The van der Waals surface area contributed by atoms with Gasteiger partial charge in [-0.25, -0.2) is 14.6 Å². The van der Waals surface area contributed by atoms with Gasteiger partial charge in [-0.1, -0.05) is 40.7 Å². The van der Waals surface area contributed by atoms with E-state index < -0.39 is 0 Å². The minimum atomic E-state index is -0.319. The lowest BCUT2D eigenvalue weighted by Crippen LogP contribution is -2.24. The number of nitrogens with zero attached hydrogens (tertiary/aromatic N) is 6. The summed E-state index contributed by atoms with van der Waals surface area (Å²) in [6.07, 6.45) is 3.40. The molecule has 0 spiro atoms. The minimum absolute atomic E-state index is 0.243. The fourth-order valence-electron chi connectivity index (χ4n) is 3.19. The zero-order valence-corrected chi connectivity index (χ0v) is 20.0. The number of halogens is 1. The maximum atomic E-state index is 13.0. The molecular weight excluding hydrogens is 458 g/mol. The van der Waals surface area contributed by atoms with Crippen molar-refractivity contribution >= 4 is 29.3 Å². The lowest BCUT2D eigenvalue weighted by molar-refractivity contribution is 0.0945. The summed E-state index contributed by atoms with van der Waals surface area (Å²) in [5.74, 6) is 0.0806. The second-order valence-corrected chi connectivity index (χ2v) is 8.85. The summed E-state index contributed by atoms with van der Waals surface area (Å²) in [7, 11) is 0. The van der Waals surface area contributed by atoms with Gasteiger partial charge in [0.1, 0.15) is 0 Å². The quantitative estimate of drug-likeness (QED) is 0.312. The number of carbonyl (C=O) groups is 1. The third kappa shape index (κ3) is 5.55. The Balaban J connectivity index is 1.64. The molecule has 0 saturated heterocycles. The number of nitrogens with one attached hydrogen (secondary N) is 1. The van der Waals surface area contributed by atoms with E-state index >= 15 is 0 Å². The van der Waals surface area contributed by atoms with E-state index in [1.54, 1.807) is 17.1 Å². The molecule has 168 valence electrons. The van der Waals surface area contributed by atoms with Crippen molar-refractivity contribution in [1.82, 2.24) is 35.3 Å². The first-order chi connectivity index (χ1) is 15.9. The van der Waals surface area contributed by atoms with Crippen molar-refractivity contribution in [2.75, 3.05) is 0 Å². The number of hydrogen-bond donors (Lipinski definition) is 1. The van der Waals surface area contributed by atoms with Gasteiger partial charge in [0.05, 0.1) is 11.4 Å². The van der Waals surface area contributed by atoms with Gasteiger partial charge in [0.15, 0.2) is 10.9 Å². The summed E-state index contributed by atoms with van der Waals surface area (Å²) >= 11 is 7.76. The van der Waals surface area contributed by atoms with Crippen LogP contribution in [0, 0.1) is 20.8 Å². The molecule has 3 aromatic heterocycles. The molecule has 0 fully saturated rings. The van der Waals surface area contributed by atoms with Crippen molar-refractivity contribution in [3.05, 3.63) is 87.7 Å². The van der Waals surface area contributed by atoms with Crippen LogP contribution in [0.25, 0.3) is 5.69 Å². The second kappa shape index (κ2) is 10.1. The van der Waals surface area contributed by atoms with Crippen LogP contribution >= 0.6 is 23.4 Å². The molecule has 10 heteroatoms. The van der Waals surface area contributed by atoms with Crippen LogP contribution in [0.2, 0.25) is 5.02 Å². The fraction of sp³-hybridized carbons (Fsp3) is 0.217. The van der Waals surface area contributed by atoms with E-state index in [1.807, 2.05) is 57.2 Å². The van der Waals surface area contributed by atoms with Crippen LogP contribution in [0.1, 0.15) is 38.7 Å². The molecule has 0 bridgehead atoms. The van der Waals surface area contributed by atoms with E-state index in [1.165, 1.54) is 11.8 Å². The lowest BCUT2D eigenvalue weighted by atomic mass is 10.2. The SMILES string of the molecule is Cc1cc(C)nc(SCc2c(C(=O)NCc3cccnc3)nnn2-c2ccc(C)c(Cl)c2)n1. The van der Waals surface area contributed by atoms with Crippen molar-refractivity contribution in [1.29, 1.82) is 0 Å². The van der Waals surface area contributed by atoms with Crippen LogP contribution < -0.4 is 5.32 Å². The van der Waals surface area contributed by atoms with Crippen molar-refractivity contribution in [2.24, 2.45) is 0 Å². The van der Waals surface area contributed by atoms with Gasteiger partial charge < -0.3 is 5.32 Å². The van der Waals surface area contributed by atoms with E-state index in [0.29, 0.717) is 28.2 Å². The number of pyridine rings is 1. The molecule has 0 saturated carbocycles. The molecule has 0 aliphatic carbocycles. The molecule has 1 aromatic carbocycles. The summed E-state index contributed by atoms with van der Waals surface area (Å²) in [4.78, 5) is 26.1. The Morgan fingerprint density at radius 3 is 2.61 bits per heavy atom. The van der Waals surface area contributed by atoms with Gasteiger partial charge >= 0.3 is 0 Å². The summed E-state index contributed by atoms with van der Waals surface area (Å²) in [6, 6.07) is 11.3. The van der Waals surface area contributed by atoms with Gasteiger partial charge in [-0.05, 0) is 56.2 Å². The molecule has 0 aliphatic rings. The molecule has 4 aromatic rings. The largest absolute Gasteiger partial charge is 0.346 e. The highest BCUT2D eigenvalue weighted by atomic mass is 35.5. The summed E-state index contributed by atoms with van der Waals surface area (Å²) in [5, 5.41) is 12.6. The Morgan fingerprint density at radius 2 is 1.91 bits per heavy atom. The fourth-order valence-corrected chi connectivity index (χ4v) is 4.30. The average Bonchev–Trinajstić information content (AvgIpc) is 3.22. The maximum Gasteiger partial charge on any atom is 0.274 e. The van der Waals surface area contributed by atoms with Crippen LogP contribution in [0.4, 0.5) is 0 Å². The van der Waals surface area contributed by atoms with Gasteiger partial charge in [-0.3, -0.25) is 9.78 Å². The number of benzene rings is 1. The van der Waals surface area contributed by atoms with Gasteiger partial charge in [-0.15, -0.1) is 5.10 Å². The van der Waals surface area contributed by atoms with Gasteiger partial charge in [0.25, 0.3) is 5.91 Å². The number of aromatic nitrogens is 6. The van der Waals surface area contributed by atoms with Crippen molar-refractivity contribution in [2.45, 2.75) is 38.2 Å². The Hall–Kier alpha value is -3.30. The van der Waals surface area contributed by atoms with Crippen LogP contribution in [0.3, 0.4) is 0 Å². The van der Waals surface area contributed by atoms with E-state index in [4.69, 9.17) is 11.6 Å². The first-order valence-electron chi connectivity index (χ1n) is 10.2. The van der Waals surface area contributed by atoms with Gasteiger partial charge in [0.2, 0.25) is 0 Å². The molecule has 0 atom stereocenters. The predicted molar refractivity (Wildman–Crippen MR) is 128 cm³/mol. The van der Waals surface area contributed by atoms with Crippen LogP contribution in [0.5, 0.6) is 0 Å². The molecule has 1 N–H and O–H groups in total. The highest BCUT2D eigenvalue weighted by Crippen LogP contribution is 2.25. The number of rotatable bonds is 7. The van der Waals surface area contributed by atoms with E-state index in [2.05, 4.69) is 30.6 Å². The van der Waals surface area contributed by atoms with Crippen molar-refractivity contribution in [3.63, 3.8) is 0 Å². The smallest absolute Gasteiger partial charge is 0.274 e. The van der Waals surface area contributed by atoms with Crippen LogP contribution in [-0.4, -0.2) is 35.9 Å². The normalized spacial score (nSPS) is 10.9. The zero-order valence-electron chi connectivity index (χ0n) is 18.4. The standard InChI is InChI=1S/C23H22ClN7OS/c1-14-6-7-18(10-19(14)24)31-20(13-33-23-27-15(2)9-16(3)28-23)21(29-30-31)22(32)26-12-17-5-4-8-25-11-17/h4-11H,12-13H2,1-3H3,(H,26,32). The zero-order chi connectivity index (χ0) is 23.4. The third-order valence-electron chi connectivity index (χ3n) is 4.85. The highest BCUT2D eigenvalue weighted by Gasteiger charge is 2.21. The molecule has 3 heterocycles.